The standard InChI is InChI=1S/C25H25N3O7/c1-26(2)11-6-12-27-21(15-7-4-9-17(13-15)28(32)33)20(23(30)25(27)31)22(29)19-14-16-8-5-10-18(34-3)24(16)35-19/h4-5,7-10,13-14,21,30H,6,11-12H2,1-3H3/t21-/m0/s1. The van der Waals surface area contributed by atoms with Crippen molar-refractivity contribution in [1.82, 2.24) is 9.80 Å². The molecule has 0 saturated heterocycles. The van der Waals surface area contributed by atoms with Gasteiger partial charge >= 0.3 is 0 Å². The maximum absolute atomic E-state index is 13.6. The van der Waals surface area contributed by atoms with Crippen LogP contribution in [0.2, 0.25) is 0 Å². The molecule has 2 heterocycles. The van der Waals surface area contributed by atoms with Gasteiger partial charge in [0.25, 0.3) is 11.6 Å². The maximum Gasteiger partial charge on any atom is 0.290 e. The molecule has 0 radical (unpaired) electrons. The molecule has 35 heavy (non-hydrogen) atoms. The number of rotatable bonds is 9. The number of nitrogens with zero attached hydrogens (tertiary/aromatic N) is 3. The molecule has 10 heteroatoms. The molecule has 0 fully saturated rings. The van der Waals surface area contributed by atoms with Gasteiger partial charge in [0.15, 0.2) is 22.9 Å². The van der Waals surface area contributed by atoms with Crippen LogP contribution in [0.3, 0.4) is 0 Å². The summed E-state index contributed by atoms with van der Waals surface area (Å²) in [7, 11) is 5.27. The Balaban J connectivity index is 1.79. The molecule has 1 aromatic heterocycles. The van der Waals surface area contributed by atoms with Crippen molar-refractivity contribution in [2.75, 3.05) is 34.3 Å². The molecule has 0 unspecified atom stereocenters. The zero-order chi connectivity index (χ0) is 25.3. The number of ketones is 1. The highest BCUT2D eigenvalue weighted by Gasteiger charge is 2.44. The minimum atomic E-state index is -1.01. The number of hydrogen-bond donors (Lipinski definition) is 1. The Morgan fingerprint density at radius 1 is 1.23 bits per heavy atom. The van der Waals surface area contributed by atoms with E-state index in [1.165, 1.54) is 36.3 Å². The summed E-state index contributed by atoms with van der Waals surface area (Å²) in [4.78, 5) is 40.9. The van der Waals surface area contributed by atoms with Gasteiger partial charge in [-0.1, -0.05) is 24.3 Å². The number of carbonyl (C=O) groups is 2. The second-order valence-corrected chi connectivity index (χ2v) is 8.49. The number of hydrogen-bond acceptors (Lipinski definition) is 8. The van der Waals surface area contributed by atoms with Crippen LogP contribution in [0.15, 0.2) is 64.3 Å². The topological polar surface area (TPSA) is 126 Å². The van der Waals surface area contributed by atoms with E-state index in [4.69, 9.17) is 9.15 Å². The van der Waals surface area contributed by atoms with E-state index >= 15 is 0 Å². The van der Waals surface area contributed by atoms with Crippen LogP contribution >= 0.6 is 0 Å². The Kier molecular flexibility index (Phi) is 6.57. The van der Waals surface area contributed by atoms with Gasteiger partial charge in [0.2, 0.25) is 5.78 Å². The van der Waals surface area contributed by atoms with Crippen molar-refractivity contribution in [3.63, 3.8) is 0 Å². The highest BCUT2D eigenvalue weighted by atomic mass is 16.6. The largest absolute Gasteiger partial charge is 0.503 e. The molecule has 2 aromatic carbocycles. The fourth-order valence-corrected chi connectivity index (χ4v) is 4.27. The van der Waals surface area contributed by atoms with Crippen molar-refractivity contribution in [1.29, 1.82) is 0 Å². The number of nitro benzene ring substituents is 1. The Hall–Kier alpha value is -4.18. The summed E-state index contributed by atoms with van der Waals surface area (Å²) >= 11 is 0. The summed E-state index contributed by atoms with van der Waals surface area (Å²) in [6, 6.07) is 11.4. The summed E-state index contributed by atoms with van der Waals surface area (Å²) in [6.45, 7) is 0.901. The third-order valence-electron chi connectivity index (χ3n) is 5.90. The lowest BCUT2D eigenvalue weighted by atomic mass is 9.94. The molecule has 1 N–H and O–H groups in total. The van der Waals surface area contributed by atoms with Crippen molar-refractivity contribution >= 4 is 28.3 Å². The van der Waals surface area contributed by atoms with E-state index in [0.717, 1.165) is 0 Å². The number of carbonyl (C=O) groups excluding carboxylic acids is 2. The lowest BCUT2D eigenvalue weighted by Crippen LogP contribution is -2.33. The summed E-state index contributed by atoms with van der Waals surface area (Å²) in [5, 5.41) is 22.8. The average molecular weight is 479 g/mol. The number of amides is 1. The van der Waals surface area contributed by atoms with E-state index in [2.05, 4.69) is 0 Å². The molecule has 1 atom stereocenters. The van der Waals surface area contributed by atoms with E-state index in [-0.39, 0.29) is 23.6 Å². The maximum atomic E-state index is 13.6. The predicted molar refractivity (Wildman–Crippen MR) is 127 cm³/mol. The zero-order valence-electron chi connectivity index (χ0n) is 19.6. The first-order valence-corrected chi connectivity index (χ1v) is 11.0. The predicted octanol–water partition coefficient (Wildman–Crippen LogP) is 3.88. The van der Waals surface area contributed by atoms with E-state index in [9.17, 15) is 24.8 Å². The number of non-ortho nitro benzene ring substituents is 1. The molecule has 10 nitrogen and oxygen atoms in total. The molecule has 182 valence electrons. The number of nitro groups is 1. The summed E-state index contributed by atoms with van der Waals surface area (Å²) in [5.41, 5.74) is 0.337. The lowest BCUT2D eigenvalue weighted by Gasteiger charge is -2.27. The van der Waals surface area contributed by atoms with Gasteiger partial charge in [-0.2, -0.15) is 0 Å². The minimum Gasteiger partial charge on any atom is -0.503 e. The van der Waals surface area contributed by atoms with Crippen LogP contribution in [0.25, 0.3) is 11.0 Å². The van der Waals surface area contributed by atoms with Gasteiger partial charge in [0.05, 0.1) is 23.6 Å². The van der Waals surface area contributed by atoms with Crippen molar-refractivity contribution in [3.05, 3.63) is 81.3 Å². The van der Waals surface area contributed by atoms with Crippen molar-refractivity contribution in [2.45, 2.75) is 12.5 Å². The SMILES string of the molecule is COc1cccc2cc(C(=O)C3=C(O)C(=O)N(CCCN(C)C)[C@H]3c3cccc([N+](=O)[O-])c3)oc12. The van der Waals surface area contributed by atoms with Gasteiger partial charge in [0, 0.05) is 24.1 Å². The van der Waals surface area contributed by atoms with E-state index < -0.39 is 28.4 Å². The number of ether oxygens (including phenoxy) is 1. The van der Waals surface area contributed by atoms with Crippen LogP contribution in [-0.2, 0) is 4.79 Å². The third kappa shape index (κ3) is 4.47. The molecule has 1 aliphatic heterocycles. The first kappa shape index (κ1) is 24.0. The molecule has 1 aliphatic rings. The number of aliphatic hydroxyl groups is 1. The molecule has 4 rings (SSSR count). The average Bonchev–Trinajstić information content (AvgIpc) is 3.38. The highest BCUT2D eigenvalue weighted by molar-refractivity contribution is 6.16. The van der Waals surface area contributed by atoms with Gasteiger partial charge in [-0.3, -0.25) is 19.7 Å². The lowest BCUT2D eigenvalue weighted by molar-refractivity contribution is -0.384. The molecule has 3 aromatic rings. The molecule has 0 aliphatic carbocycles. The Bertz CT molecular complexity index is 1340. The third-order valence-corrected chi connectivity index (χ3v) is 5.90. The molecular weight excluding hydrogens is 454 g/mol. The molecule has 0 spiro atoms. The smallest absolute Gasteiger partial charge is 0.290 e. The molecule has 0 bridgehead atoms. The summed E-state index contributed by atoms with van der Waals surface area (Å²) in [5.74, 6) is -1.73. The summed E-state index contributed by atoms with van der Waals surface area (Å²) < 4.78 is 11.1. The fraction of sp³-hybridized carbons (Fsp3) is 0.280. The van der Waals surface area contributed by atoms with Crippen LogP contribution in [0.1, 0.15) is 28.6 Å². The van der Waals surface area contributed by atoms with Gasteiger partial charge in [-0.05, 0) is 44.8 Å². The Morgan fingerprint density at radius 2 is 1.97 bits per heavy atom. The van der Waals surface area contributed by atoms with E-state index in [1.807, 2.05) is 19.0 Å². The Morgan fingerprint density at radius 3 is 2.66 bits per heavy atom. The van der Waals surface area contributed by atoms with E-state index in [1.54, 1.807) is 24.3 Å². The molecular formula is C25H25N3O7. The van der Waals surface area contributed by atoms with Crippen LogP contribution in [-0.4, -0.2) is 65.8 Å². The zero-order valence-corrected chi connectivity index (χ0v) is 19.6. The first-order chi connectivity index (χ1) is 16.7. The number of furan rings is 1. The van der Waals surface area contributed by atoms with Crippen molar-refractivity contribution in [2.24, 2.45) is 0 Å². The molecule has 1 amide bonds. The van der Waals surface area contributed by atoms with Gasteiger partial charge in [-0.25, -0.2) is 0 Å². The van der Waals surface area contributed by atoms with Gasteiger partial charge < -0.3 is 24.1 Å². The molecule has 0 saturated carbocycles. The summed E-state index contributed by atoms with van der Waals surface area (Å²) in [6.07, 6.45) is 0.570. The van der Waals surface area contributed by atoms with Crippen LogP contribution in [0, 0.1) is 10.1 Å². The van der Waals surface area contributed by atoms with Crippen molar-refractivity contribution in [3.8, 4) is 5.75 Å². The number of fused-ring (bicyclic) bond motifs is 1. The van der Waals surface area contributed by atoms with Crippen molar-refractivity contribution < 1.29 is 28.8 Å². The normalized spacial score (nSPS) is 15.9. The second-order valence-electron chi connectivity index (χ2n) is 8.49. The van der Waals surface area contributed by atoms with Gasteiger partial charge in [0.1, 0.15) is 0 Å². The fourth-order valence-electron chi connectivity index (χ4n) is 4.27. The quantitative estimate of drug-likeness (QED) is 0.278. The first-order valence-electron chi connectivity index (χ1n) is 11.0. The minimum absolute atomic E-state index is 0.0792. The van der Waals surface area contributed by atoms with Crippen LogP contribution in [0.5, 0.6) is 5.75 Å². The second kappa shape index (κ2) is 9.59. The van der Waals surface area contributed by atoms with Crippen LogP contribution < -0.4 is 4.74 Å². The number of aliphatic hydroxyl groups excluding tert-OH is 1. The number of methoxy groups -OCH3 is 1. The Labute approximate surface area is 201 Å². The van der Waals surface area contributed by atoms with Gasteiger partial charge in [-0.15, -0.1) is 0 Å². The monoisotopic (exact) mass is 479 g/mol. The van der Waals surface area contributed by atoms with Crippen LogP contribution in [0.4, 0.5) is 5.69 Å². The van der Waals surface area contributed by atoms with E-state index in [0.29, 0.717) is 35.2 Å². The highest BCUT2D eigenvalue weighted by Crippen LogP contribution is 2.41. The number of Topliss-reactive ketones (excluding diaryl/α,β-unsaturated/α-hetero) is 1. The number of para-hydroxylation sites is 1. The number of benzene rings is 2.